The number of hydrogen-bond donors (Lipinski definition) is 1. The van der Waals surface area contributed by atoms with Crippen molar-refractivity contribution < 1.29 is 18.7 Å². The highest BCUT2D eigenvalue weighted by atomic mass is 79.9. The van der Waals surface area contributed by atoms with E-state index < -0.39 is 0 Å². The summed E-state index contributed by atoms with van der Waals surface area (Å²) in [7, 11) is 3.90. The Morgan fingerprint density at radius 2 is 1.85 bits per heavy atom. The molecule has 2 heterocycles. The summed E-state index contributed by atoms with van der Waals surface area (Å²) in [5.41, 5.74) is 6.29. The lowest BCUT2D eigenvalue weighted by Gasteiger charge is -2.15. The maximum Gasteiger partial charge on any atom is 0.355 e. The molecule has 0 unspecified atom stereocenters. The van der Waals surface area contributed by atoms with E-state index in [9.17, 15) is 9.18 Å². The van der Waals surface area contributed by atoms with E-state index in [1.807, 2.05) is 56.0 Å². The van der Waals surface area contributed by atoms with Gasteiger partial charge >= 0.3 is 5.97 Å². The molecule has 0 radical (unpaired) electrons. The number of aryl methyl sites for hydroxylation is 3. The predicted octanol–water partition coefficient (Wildman–Crippen LogP) is 9.05. The number of esters is 1. The molecule has 5 rings (SSSR count). The first kappa shape index (κ1) is 36.7. The standard InChI is InChI=1S/C36H41BrClFN4O3.ClH/c1-5-30-33(29(22-37)41-42(30)4)32-28(38)17-16-27-26(35(36(44)45-6-2)43(34(27)32)19-8-7-18-40-3)12-10-20-46-31-13-9-11-23-21-24(39)14-15-25(23)31;/h9,11,13-17,21,40H,5-8,10,12,18-20,22H2,1-4H3;1H. The second-order valence-corrected chi connectivity index (χ2v) is 12.2. The molecule has 2 aromatic heterocycles. The van der Waals surface area contributed by atoms with Gasteiger partial charge in [0.1, 0.15) is 17.3 Å². The van der Waals surface area contributed by atoms with Crippen molar-refractivity contribution in [3.63, 3.8) is 0 Å². The van der Waals surface area contributed by atoms with Gasteiger partial charge in [-0.3, -0.25) is 4.68 Å². The average molecular weight is 749 g/mol. The van der Waals surface area contributed by atoms with Crippen LogP contribution in [0.25, 0.3) is 32.8 Å². The molecule has 0 spiro atoms. The van der Waals surface area contributed by atoms with Gasteiger partial charge < -0.3 is 19.4 Å². The van der Waals surface area contributed by atoms with Crippen LogP contribution in [0, 0.1) is 5.82 Å². The Hall–Kier alpha value is -3.11. The molecule has 0 atom stereocenters. The summed E-state index contributed by atoms with van der Waals surface area (Å²) in [6, 6.07) is 14.3. The number of fused-ring (bicyclic) bond motifs is 2. The molecule has 252 valence electrons. The molecule has 3 aromatic carbocycles. The first-order valence-corrected chi connectivity index (χ1v) is 17.4. The van der Waals surface area contributed by atoms with Crippen LogP contribution in [-0.2, 0) is 36.5 Å². The van der Waals surface area contributed by atoms with Crippen LogP contribution in [0.3, 0.4) is 0 Å². The minimum absolute atomic E-state index is 0. The first-order chi connectivity index (χ1) is 22.3. The van der Waals surface area contributed by atoms with Crippen molar-refractivity contribution in [1.82, 2.24) is 19.7 Å². The van der Waals surface area contributed by atoms with Gasteiger partial charge in [0, 0.05) is 46.5 Å². The fourth-order valence-corrected chi connectivity index (χ4v) is 7.04. The number of benzene rings is 3. The maximum absolute atomic E-state index is 13.8. The van der Waals surface area contributed by atoms with Crippen molar-refractivity contribution >= 4 is 67.6 Å². The van der Waals surface area contributed by atoms with E-state index in [4.69, 9.17) is 26.2 Å². The Bertz CT molecular complexity index is 1860. The van der Waals surface area contributed by atoms with Crippen LogP contribution in [0.15, 0.2) is 48.5 Å². The van der Waals surface area contributed by atoms with Gasteiger partial charge in [0.2, 0.25) is 0 Å². The molecule has 0 aliphatic rings. The summed E-state index contributed by atoms with van der Waals surface area (Å²) in [6.07, 6.45) is 3.84. The number of ether oxygens (including phenoxy) is 2. The molecule has 0 amide bonds. The van der Waals surface area contributed by atoms with E-state index >= 15 is 0 Å². The van der Waals surface area contributed by atoms with E-state index in [1.165, 1.54) is 12.1 Å². The minimum atomic E-state index is -0.344. The summed E-state index contributed by atoms with van der Waals surface area (Å²) in [5, 5.41) is 11.8. The highest BCUT2D eigenvalue weighted by Crippen LogP contribution is 2.43. The second kappa shape index (κ2) is 16.8. The quantitative estimate of drug-likeness (QED) is 0.0658. The van der Waals surface area contributed by atoms with Crippen molar-refractivity contribution in [2.75, 3.05) is 26.8 Å². The number of halogens is 4. The lowest BCUT2D eigenvalue weighted by molar-refractivity contribution is 0.0512. The Balaban J connectivity index is 0.00000500. The lowest BCUT2D eigenvalue weighted by atomic mass is 9.97. The molecule has 5 aromatic rings. The summed E-state index contributed by atoms with van der Waals surface area (Å²) < 4.78 is 29.8. The van der Waals surface area contributed by atoms with Crippen LogP contribution in [0.1, 0.15) is 60.5 Å². The second-order valence-electron chi connectivity index (χ2n) is 11.3. The number of rotatable bonds is 15. The third-order valence-electron chi connectivity index (χ3n) is 8.39. The van der Waals surface area contributed by atoms with E-state index in [1.54, 1.807) is 6.07 Å². The van der Waals surface area contributed by atoms with Gasteiger partial charge in [0.05, 0.1) is 29.4 Å². The zero-order valence-electron chi connectivity index (χ0n) is 27.3. The van der Waals surface area contributed by atoms with Crippen molar-refractivity contribution in [3.05, 3.63) is 82.0 Å². The van der Waals surface area contributed by atoms with Crippen molar-refractivity contribution in [1.29, 1.82) is 0 Å². The fraction of sp³-hybridized carbons (Fsp3) is 0.389. The molecule has 7 nitrogen and oxygen atoms in total. The summed E-state index contributed by atoms with van der Waals surface area (Å²) in [5.74, 6) is 0.0812. The van der Waals surface area contributed by atoms with Gasteiger partial charge in [-0.2, -0.15) is 5.10 Å². The van der Waals surface area contributed by atoms with Crippen LogP contribution in [0.4, 0.5) is 4.39 Å². The largest absolute Gasteiger partial charge is 0.493 e. The lowest BCUT2D eigenvalue weighted by Crippen LogP contribution is -2.16. The number of aromatic nitrogens is 3. The van der Waals surface area contributed by atoms with E-state index in [-0.39, 0.29) is 30.8 Å². The predicted molar refractivity (Wildman–Crippen MR) is 195 cm³/mol. The molecular weight excluding hydrogens is 706 g/mol. The van der Waals surface area contributed by atoms with Gasteiger partial charge in [-0.05, 0) is 93.9 Å². The summed E-state index contributed by atoms with van der Waals surface area (Å²) in [6.45, 7) is 6.15. The number of nitrogens with zero attached hydrogens (tertiary/aromatic N) is 3. The molecule has 47 heavy (non-hydrogen) atoms. The van der Waals surface area contributed by atoms with Gasteiger partial charge in [0.15, 0.2) is 0 Å². The highest BCUT2D eigenvalue weighted by molar-refractivity contribution is 9.08. The SMILES string of the molecule is CCOC(=O)c1c(CCCOc2cccc3cc(F)ccc23)c2ccc(Cl)c(-c3c(CBr)nn(C)c3CC)c2n1CCCCNC.Cl. The summed E-state index contributed by atoms with van der Waals surface area (Å²) >= 11 is 10.7. The Morgan fingerprint density at radius 1 is 1.06 bits per heavy atom. The van der Waals surface area contributed by atoms with E-state index in [0.29, 0.717) is 47.8 Å². The summed E-state index contributed by atoms with van der Waals surface area (Å²) in [4.78, 5) is 13.8. The van der Waals surface area contributed by atoms with Crippen LogP contribution in [0.2, 0.25) is 5.02 Å². The van der Waals surface area contributed by atoms with E-state index in [0.717, 1.165) is 75.6 Å². The topological polar surface area (TPSA) is 70.3 Å². The number of carbonyl (C=O) groups is 1. The molecule has 0 aliphatic heterocycles. The van der Waals surface area contributed by atoms with Gasteiger partial charge in [-0.1, -0.05) is 52.7 Å². The molecule has 0 bridgehead atoms. The molecule has 1 N–H and O–H groups in total. The minimum Gasteiger partial charge on any atom is -0.493 e. The monoisotopic (exact) mass is 746 g/mol. The molecule has 0 aliphatic carbocycles. The zero-order chi connectivity index (χ0) is 32.8. The third kappa shape index (κ3) is 7.64. The number of carbonyl (C=O) groups excluding carboxylic acids is 1. The van der Waals surface area contributed by atoms with Gasteiger partial charge in [-0.25, -0.2) is 9.18 Å². The smallest absolute Gasteiger partial charge is 0.355 e. The number of unbranched alkanes of at least 4 members (excludes halogenated alkanes) is 1. The molecular formula is C36H42BrCl2FN4O3. The van der Waals surface area contributed by atoms with Crippen LogP contribution < -0.4 is 10.1 Å². The van der Waals surface area contributed by atoms with Crippen LogP contribution in [-0.4, -0.2) is 47.1 Å². The van der Waals surface area contributed by atoms with Gasteiger partial charge in [-0.15, -0.1) is 12.4 Å². The van der Waals surface area contributed by atoms with E-state index in [2.05, 4.69) is 32.7 Å². The van der Waals surface area contributed by atoms with Crippen LogP contribution >= 0.6 is 39.9 Å². The average Bonchev–Trinajstić information content (AvgIpc) is 3.54. The molecule has 0 saturated heterocycles. The van der Waals surface area contributed by atoms with Crippen LogP contribution in [0.5, 0.6) is 5.75 Å². The van der Waals surface area contributed by atoms with Crippen molar-refractivity contribution in [2.24, 2.45) is 7.05 Å². The van der Waals surface area contributed by atoms with Crippen molar-refractivity contribution in [3.8, 4) is 16.9 Å². The normalized spacial score (nSPS) is 11.3. The Kier molecular flexibility index (Phi) is 13.1. The molecule has 11 heteroatoms. The number of hydrogen-bond acceptors (Lipinski definition) is 5. The molecule has 0 saturated carbocycles. The van der Waals surface area contributed by atoms with Crippen molar-refractivity contribution in [2.45, 2.75) is 57.8 Å². The third-order valence-corrected chi connectivity index (χ3v) is 9.23. The number of alkyl halides is 1. The molecule has 0 fully saturated rings. The first-order valence-electron chi connectivity index (χ1n) is 15.9. The fourth-order valence-electron chi connectivity index (χ4n) is 6.40. The van der Waals surface area contributed by atoms with Gasteiger partial charge in [0.25, 0.3) is 0 Å². The Morgan fingerprint density at radius 3 is 2.57 bits per heavy atom. The zero-order valence-corrected chi connectivity index (χ0v) is 30.5. The Labute approximate surface area is 295 Å². The maximum atomic E-state index is 13.8. The number of nitrogens with one attached hydrogen (secondary N) is 1. The highest BCUT2D eigenvalue weighted by Gasteiger charge is 2.29.